The maximum Gasteiger partial charge on any atom is 0.190 e. The molecule has 3 heteroatoms. The monoisotopic (exact) mass is 170 g/mol. The van der Waals surface area contributed by atoms with Crippen LogP contribution in [0.3, 0.4) is 0 Å². The lowest BCUT2D eigenvalue weighted by atomic mass is 10.4. The fourth-order valence-corrected chi connectivity index (χ4v) is 1.35. The van der Waals surface area contributed by atoms with E-state index in [1.165, 1.54) is 19.1 Å². The van der Waals surface area contributed by atoms with Crippen LogP contribution < -0.4 is 0 Å². The van der Waals surface area contributed by atoms with Gasteiger partial charge in [-0.25, -0.2) is 4.39 Å². The van der Waals surface area contributed by atoms with Crippen molar-refractivity contribution in [3.05, 3.63) is 30.1 Å². The highest BCUT2D eigenvalue weighted by molar-refractivity contribution is 8.13. The molecule has 0 spiro atoms. The normalized spacial score (nSPS) is 9.64. The molecule has 0 radical (unpaired) electrons. The van der Waals surface area contributed by atoms with Crippen LogP contribution in [0.15, 0.2) is 29.2 Å². The minimum Gasteiger partial charge on any atom is -0.287 e. The molecule has 0 atom stereocenters. The maximum atomic E-state index is 12.5. The first-order chi connectivity index (χ1) is 5.18. The maximum absolute atomic E-state index is 12.5. The Morgan fingerprint density at radius 1 is 1.55 bits per heavy atom. The van der Waals surface area contributed by atoms with E-state index in [1.54, 1.807) is 12.1 Å². The van der Waals surface area contributed by atoms with Crippen molar-refractivity contribution in [3.8, 4) is 0 Å². The van der Waals surface area contributed by atoms with Gasteiger partial charge in [-0.05, 0) is 18.2 Å². The minimum absolute atomic E-state index is 0.0319. The Hall–Kier alpha value is -0.830. The molecular formula is C8H7FOS. The Kier molecular flexibility index (Phi) is 2.65. The quantitative estimate of drug-likeness (QED) is 0.602. The predicted molar refractivity (Wildman–Crippen MR) is 42.9 cm³/mol. The Labute approximate surface area is 68.6 Å². The molecule has 0 saturated heterocycles. The molecule has 0 heterocycles. The van der Waals surface area contributed by atoms with Crippen molar-refractivity contribution < 1.29 is 9.18 Å². The van der Waals surface area contributed by atoms with Gasteiger partial charge in [0.05, 0.1) is 0 Å². The molecule has 0 aliphatic heterocycles. The van der Waals surface area contributed by atoms with E-state index in [0.717, 1.165) is 11.8 Å². The molecule has 0 unspecified atom stereocenters. The van der Waals surface area contributed by atoms with E-state index in [0.29, 0.717) is 4.90 Å². The molecule has 0 fully saturated rings. The van der Waals surface area contributed by atoms with E-state index < -0.39 is 0 Å². The summed E-state index contributed by atoms with van der Waals surface area (Å²) in [5.74, 6) is -0.309. The average molecular weight is 170 g/mol. The van der Waals surface area contributed by atoms with E-state index in [4.69, 9.17) is 0 Å². The van der Waals surface area contributed by atoms with E-state index in [9.17, 15) is 9.18 Å². The zero-order valence-electron chi connectivity index (χ0n) is 6.00. The molecule has 11 heavy (non-hydrogen) atoms. The second-order valence-corrected chi connectivity index (χ2v) is 3.30. The number of thioether (sulfide) groups is 1. The first-order valence-corrected chi connectivity index (χ1v) is 3.94. The first kappa shape index (κ1) is 8.27. The van der Waals surface area contributed by atoms with Gasteiger partial charge >= 0.3 is 0 Å². The van der Waals surface area contributed by atoms with Crippen molar-refractivity contribution in [2.45, 2.75) is 11.8 Å². The van der Waals surface area contributed by atoms with Gasteiger partial charge in [-0.3, -0.25) is 4.79 Å². The van der Waals surface area contributed by atoms with E-state index >= 15 is 0 Å². The smallest absolute Gasteiger partial charge is 0.190 e. The highest BCUT2D eigenvalue weighted by Crippen LogP contribution is 2.18. The van der Waals surface area contributed by atoms with Gasteiger partial charge in [0, 0.05) is 11.8 Å². The van der Waals surface area contributed by atoms with Gasteiger partial charge in [0.2, 0.25) is 0 Å². The largest absolute Gasteiger partial charge is 0.287 e. The molecule has 0 saturated carbocycles. The van der Waals surface area contributed by atoms with Crippen molar-refractivity contribution in [1.82, 2.24) is 0 Å². The van der Waals surface area contributed by atoms with Crippen LogP contribution in [0.1, 0.15) is 6.92 Å². The molecule has 0 aliphatic carbocycles. The van der Waals surface area contributed by atoms with Crippen molar-refractivity contribution in [1.29, 1.82) is 0 Å². The second kappa shape index (κ2) is 3.53. The van der Waals surface area contributed by atoms with Crippen LogP contribution in [0, 0.1) is 5.82 Å². The molecule has 1 nitrogen and oxygen atoms in total. The van der Waals surface area contributed by atoms with Gasteiger partial charge in [0.25, 0.3) is 0 Å². The fraction of sp³-hybridized carbons (Fsp3) is 0.125. The average Bonchev–Trinajstić information content (AvgIpc) is 1.85. The van der Waals surface area contributed by atoms with E-state index in [1.807, 2.05) is 0 Å². The third kappa shape index (κ3) is 2.72. The number of hydrogen-bond donors (Lipinski definition) is 0. The topological polar surface area (TPSA) is 17.1 Å². The number of rotatable bonds is 1. The van der Waals surface area contributed by atoms with Crippen LogP contribution in [0.5, 0.6) is 0 Å². The number of hydrogen-bond acceptors (Lipinski definition) is 2. The molecule has 1 rings (SSSR count). The zero-order chi connectivity index (χ0) is 8.27. The molecule has 58 valence electrons. The summed E-state index contributed by atoms with van der Waals surface area (Å²) in [5, 5.41) is -0.0319. The van der Waals surface area contributed by atoms with Crippen LogP contribution in [0.4, 0.5) is 4.39 Å². The SMILES string of the molecule is CC(=O)Sc1cccc(F)c1. The van der Waals surface area contributed by atoms with Gasteiger partial charge < -0.3 is 0 Å². The molecule has 0 N–H and O–H groups in total. The summed E-state index contributed by atoms with van der Waals surface area (Å²) in [5.41, 5.74) is 0. The standard InChI is InChI=1S/C8H7FOS/c1-6(10)11-8-4-2-3-7(9)5-8/h2-5H,1H3. The number of carbonyl (C=O) groups excluding carboxylic acids is 1. The lowest BCUT2D eigenvalue weighted by Crippen LogP contribution is -1.81. The molecule has 1 aromatic rings. The number of carbonyl (C=O) groups is 1. The molecule has 0 bridgehead atoms. The van der Waals surface area contributed by atoms with Gasteiger partial charge in [-0.2, -0.15) is 0 Å². The Balaban J connectivity index is 2.79. The summed E-state index contributed by atoms with van der Waals surface area (Å²) in [6, 6.07) is 5.98. The minimum atomic E-state index is -0.309. The van der Waals surface area contributed by atoms with Crippen molar-refractivity contribution in [2.75, 3.05) is 0 Å². The second-order valence-electron chi connectivity index (χ2n) is 2.05. The van der Waals surface area contributed by atoms with Crippen LogP contribution in [0.25, 0.3) is 0 Å². The van der Waals surface area contributed by atoms with Crippen molar-refractivity contribution in [3.63, 3.8) is 0 Å². The third-order valence-corrected chi connectivity index (χ3v) is 1.83. The first-order valence-electron chi connectivity index (χ1n) is 3.12. The fourth-order valence-electron chi connectivity index (χ4n) is 0.696. The van der Waals surface area contributed by atoms with E-state index in [2.05, 4.69) is 0 Å². The number of halogens is 1. The van der Waals surface area contributed by atoms with Crippen LogP contribution >= 0.6 is 11.8 Å². The van der Waals surface area contributed by atoms with Crippen LogP contribution in [-0.2, 0) is 4.79 Å². The van der Waals surface area contributed by atoms with Crippen LogP contribution in [-0.4, -0.2) is 5.12 Å². The third-order valence-electron chi connectivity index (χ3n) is 1.06. The molecule has 0 aromatic heterocycles. The molecule has 1 aromatic carbocycles. The van der Waals surface area contributed by atoms with Crippen molar-refractivity contribution in [2.24, 2.45) is 0 Å². The zero-order valence-corrected chi connectivity index (χ0v) is 6.82. The molecule has 0 amide bonds. The summed E-state index contributed by atoms with van der Waals surface area (Å²) in [6.45, 7) is 1.45. The molecular weight excluding hydrogens is 163 g/mol. The lowest BCUT2D eigenvalue weighted by Gasteiger charge is -1.94. The molecule has 0 aliphatic rings. The predicted octanol–water partition coefficient (Wildman–Crippen LogP) is 2.46. The summed E-state index contributed by atoms with van der Waals surface area (Å²) >= 11 is 1.03. The van der Waals surface area contributed by atoms with Gasteiger partial charge in [-0.1, -0.05) is 17.8 Å². The lowest BCUT2D eigenvalue weighted by molar-refractivity contribution is -0.109. The Bertz CT molecular complexity index is 273. The van der Waals surface area contributed by atoms with Crippen LogP contribution in [0.2, 0.25) is 0 Å². The van der Waals surface area contributed by atoms with Gasteiger partial charge in [0.15, 0.2) is 5.12 Å². The summed E-state index contributed by atoms with van der Waals surface area (Å²) in [6.07, 6.45) is 0. The summed E-state index contributed by atoms with van der Waals surface area (Å²) in [4.78, 5) is 11.2. The Morgan fingerprint density at radius 3 is 2.82 bits per heavy atom. The summed E-state index contributed by atoms with van der Waals surface area (Å²) < 4.78 is 12.5. The van der Waals surface area contributed by atoms with E-state index in [-0.39, 0.29) is 10.9 Å². The van der Waals surface area contributed by atoms with Gasteiger partial charge in [0.1, 0.15) is 5.82 Å². The highest BCUT2D eigenvalue weighted by atomic mass is 32.2. The van der Waals surface area contributed by atoms with Gasteiger partial charge in [-0.15, -0.1) is 0 Å². The number of benzene rings is 1. The Morgan fingerprint density at radius 2 is 2.27 bits per heavy atom. The van der Waals surface area contributed by atoms with Crippen molar-refractivity contribution >= 4 is 16.9 Å². The summed E-state index contributed by atoms with van der Waals surface area (Å²) in [7, 11) is 0. The highest BCUT2D eigenvalue weighted by Gasteiger charge is 1.98.